The summed E-state index contributed by atoms with van der Waals surface area (Å²) in [5, 5.41) is 33.9. The zero-order valence-corrected chi connectivity index (χ0v) is 9.67. The molecule has 2 aromatic rings. The van der Waals surface area contributed by atoms with E-state index in [0.29, 0.717) is 15.2 Å². The van der Waals surface area contributed by atoms with Gasteiger partial charge in [0, 0.05) is 12.1 Å². The summed E-state index contributed by atoms with van der Waals surface area (Å²) < 4.78 is 0.869. The van der Waals surface area contributed by atoms with Gasteiger partial charge in [-0.3, -0.25) is 10.1 Å². The number of hydrogen-bond donors (Lipinski definition) is 0. The van der Waals surface area contributed by atoms with Crippen molar-refractivity contribution in [2.24, 2.45) is 0 Å². The van der Waals surface area contributed by atoms with Crippen LogP contribution in [0.2, 0.25) is 0 Å². The smallest absolute Gasteiger partial charge is 0.288 e. The molecule has 96 valence electrons. The van der Waals surface area contributed by atoms with Gasteiger partial charge in [-0.1, -0.05) is 18.2 Å². The third-order valence-electron chi connectivity index (χ3n) is 2.40. The fourth-order valence-corrected chi connectivity index (χ4v) is 1.47. The van der Waals surface area contributed by atoms with Crippen LogP contribution in [0, 0.1) is 20.5 Å². The van der Waals surface area contributed by atoms with Gasteiger partial charge < -0.3 is 10.4 Å². The van der Waals surface area contributed by atoms with Crippen LogP contribution in [0.4, 0.5) is 11.4 Å². The highest BCUT2D eigenvalue weighted by molar-refractivity contribution is 5.73. The number of para-hydroxylation sites is 1. The van der Waals surface area contributed by atoms with E-state index in [1.165, 1.54) is 0 Å². The second kappa shape index (κ2) is 5.13. The first-order valence-corrected chi connectivity index (χ1v) is 5.32. The Labute approximate surface area is 108 Å². The average Bonchev–Trinajstić information content (AvgIpc) is 2.42. The molecule has 7 heteroatoms. The Morgan fingerprint density at radius 2 is 1.74 bits per heavy atom. The van der Waals surface area contributed by atoms with Crippen molar-refractivity contribution in [3.8, 4) is 0 Å². The average molecular weight is 259 g/mol. The highest BCUT2D eigenvalue weighted by Crippen LogP contribution is 2.11. The molecular formula is C12H9N3O4. The lowest BCUT2D eigenvalue weighted by Crippen LogP contribution is -2.32. The maximum Gasteiger partial charge on any atom is 0.288 e. The monoisotopic (exact) mass is 259 g/mol. The molecule has 1 heterocycles. The molecule has 0 spiro atoms. The first-order valence-electron chi connectivity index (χ1n) is 5.32. The Kier molecular flexibility index (Phi) is 3.37. The Hall–Kier alpha value is -2.96. The van der Waals surface area contributed by atoms with Crippen LogP contribution in [0.5, 0.6) is 0 Å². The van der Waals surface area contributed by atoms with Crippen molar-refractivity contribution in [3.05, 3.63) is 74.9 Å². The second-order valence-electron chi connectivity index (χ2n) is 3.68. The van der Waals surface area contributed by atoms with Gasteiger partial charge in [-0.05, 0) is 0 Å². The fraction of sp³-hybridized carbons (Fsp3) is 0. The van der Waals surface area contributed by atoms with Crippen LogP contribution in [0.1, 0.15) is 5.69 Å². The van der Waals surface area contributed by atoms with Crippen molar-refractivity contribution >= 4 is 17.6 Å². The summed E-state index contributed by atoms with van der Waals surface area (Å²) >= 11 is 0. The Balaban J connectivity index is 2.42. The lowest BCUT2D eigenvalue weighted by Gasteiger charge is -2.03. The summed E-state index contributed by atoms with van der Waals surface area (Å²) in [6, 6.07) is 10.3. The Bertz CT molecular complexity index is 641. The summed E-state index contributed by atoms with van der Waals surface area (Å²) in [5.41, 5.74) is -0.0260. The van der Waals surface area contributed by atoms with E-state index in [4.69, 9.17) is 0 Å². The van der Waals surface area contributed by atoms with Crippen LogP contribution >= 0.6 is 0 Å². The number of rotatable bonds is 3. The third-order valence-corrected chi connectivity index (χ3v) is 2.40. The van der Waals surface area contributed by atoms with Crippen LogP contribution in [0.25, 0.3) is 0 Å². The van der Waals surface area contributed by atoms with E-state index in [-0.39, 0.29) is 11.4 Å². The van der Waals surface area contributed by atoms with Gasteiger partial charge in [-0.15, -0.1) is 0 Å². The second-order valence-corrected chi connectivity index (χ2v) is 3.68. The van der Waals surface area contributed by atoms with Crippen LogP contribution in [-0.2, 0) is 0 Å². The van der Waals surface area contributed by atoms with Gasteiger partial charge in [0.25, 0.3) is 17.6 Å². The molecule has 0 unspecified atom stereocenters. The molecule has 0 saturated heterocycles. The molecule has 2 rings (SSSR count). The van der Waals surface area contributed by atoms with E-state index < -0.39 is 4.92 Å². The molecule has 0 bridgehead atoms. The Morgan fingerprint density at radius 3 is 2.37 bits per heavy atom. The van der Waals surface area contributed by atoms with Gasteiger partial charge >= 0.3 is 0 Å². The summed E-state index contributed by atoms with van der Waals surface area (Å²) in [4.78, 5) is 9.98. The largest absolute Gasteiger partial charge is 0.618 e. The number of benzene rings is 1. The van der Waals surface area contributed by atoms with Crippen LogP contribution in [0.15, 0.2) is 48.7 Å². The molecule has 1 aromatic carbocycles. The number of pyridine rings is 1. The van der Waals surface area contributed by atoms with Crippen molar-refractivity contribution < 1.29 is 14.4 Å². The minimum Gasteiger partial charge on any atom is -0.618 e. The molecule has 0 aliphatic heterocycles. The normalized spacial score (nSPS) is 11.3. The zero-order valence-electron chi connectivity index (χ0n) is 9.67. The summed E-state index contributed by atoms with van der Waals surface area (Å²) in [6.07, 6.45) is 1.98. The topological polar surface area (TPSA) is 96.2 Å². The highest BCUT2D eigenvalue weighted by atomic mass is 16.6. The van der Waals surface area contributed by atoms with Crippen molar-refractivity contribution in [3.63, 3.8) is 0 Å². The molecule has 7 nitrogen and oxygen atoms in total. The molecular weight excluding hydrogens is 250 g/mol. The van der Waals surface area contributed by atoms with Crippen molar-refractivity contribution in [2.75, 3.05) is 0 Å². The van der Waals surface area contributed by atoms with Crippen molar-refractivity contribution in [1.82, 2.24) is 0 Å². The number of nitro groups is 1. The maximum atomic E-state index is 11.8. The lowest BCUT2D eigenvalue weighted by atomic mass is 10.3. The van der Waals surface area contributed by atoms with E-state index in [2.05, 4.69) is 0 Å². The van der Waals surface area contributed by atoms with Gasteiger partial charge in [0.2, 0.25) is 5.69 Å². The van der Waals surface area contributed by atoms with Crippen LogP contribution in [0.3, 0.4) is 0 Å². The number of nitrogens with zero attached hydrogens (tertiary/aromatic N) is 3. The highest BCUT2D eigenvalue weighted by Gasteiger charge is 2.15. The number of hydrogen-bond acceptors (Lipinski definition) is 4. The Morgan fingerprint density at radius 1 is 1.05 bits per heavy atom. The molecule has 1 aromatic heterocycles. The van der Waals surface area contributed by atoms with Gasteiger partial charge in [0.05, 0.1) is 17.1 Å². The maximum absolute atomic E-state index is 11.8. The predicted octanol–water partition coefficient (Wildman–Crippen LogP) is 1.49. The first-order chi connectivity index (χ1) is 9.08. The van der Waals surface area contributed by atoms with Gasteiger partial charge in [-0.2, -0.15) is 9.47 Å². The molecule has 0 aliphatic rings. The minimum atomic E-state index is -0.630. The van der Waals surface area contributed by atoms with E-state index in [1.54, 1.807) is 30.3 Å². The number of aromatic nitrogens is 1. The van der Waals surface area contributed by atoms with Gasteiger partial charge in [-0.25, -0.2) is 0 Å². The van der Waals surface area contributed by atoms with Crippen molar-refractivity contribution in [2.45, 2.75) is 0 Å². The first kappa shape index (κ1) is 12.5. The summed E-state index contributed by atoms with van der Waals surface area (Å²) in [7, 11) is 0. The molecule has 0 N–H and O–H groups in total. The van der Waals surface area contributed by atoms with Crippen molar-refractivity contribution in [1.29, 1.82) is 0 Å². The molecule has 0 saturated carbocycles. The third kappa shape index (κ3) is 2.83. The van der Waals surface area contributed by atoms with Crippen LogP contribution in [-0.4, -0.2) is 15.9 Å². The fourth-order valence-electron chi connectivity index (χ4n) is 1.47. The standard InChI is InChI=1S/C12H9N3O4/c16-13-7-6-11(15(18)19)8-12(13)9-14(17)10-4-2-1-3-5-10/h1-9H/b14-9-. The lowest BCUT2D eigenvalue weighted by molar-refractivity contribution is -0.609. The molecule has 0 atom stereocenters. The molecule has 0 aliphatic carbocycles. The van der Waals surface area contributed by atoms with Gasteiger partial charge in [0.15, 0.2) is 6.20 Å². The SMILES string of the molecule is O=[N+]([O-])c1cc[n+]([O-])c(/C=[N+](\[O-])c2ccccc2)c1. The minimum absolute atomic E-state index is 0.104. The van der Waals surface area contributed by atoms with E-state index in [0.717, 1.165) is 24.5 Å². The quantitative estimate of drug-likeness (QED) is 0.274. The molecule has 0 amide bonds. The van der Waals surface area contributed by atoms with Crippen LogP contribution < -0.4 is 4.73 Å². The van der Waals surface area contributed by atoms with E-state index >= 15 is 0 Å². The molecule has 19 heavy (non-hydrogen) atoms. The zero-order chi connectivity index (χ0) is 13.8. The molecule has 0 radical (unpaired) electrons. The summed E-state index contributed by atoms with van der Waals surface area (Å²) in [5.74, 6) is 0. The molecule has 0 fully saturated rings. The van der Waals surface area contributed by atoms with E-state index in [9.17, 15) is 20.5 Å². The predicted molar refractivity (Wildman–Crippen MR) is 67.0 cm³/mol. The summed E-state index contributed by atoms with van der Waals surface area (Å²) in [6.45, 7) is 0. The van der Waals surface area contributed by atoms with Gasteiger partial charge in [0.1, 0.15) is 0 Å². The van der Waals surface area contributed by atoms with E-state index in [1.807, 2.05) is 0 Å².